The molecule has 0 atom stereocenters. The van der Waals surface area contributed by atoms with Crippen LogP contribution < -0.4 is 5.32 Å². The summed E-state index contributed by atoms with van der Waals surface area (Å²) < 4.78 is 25.3. The molecule has 3 heterocycles. The SMILES string of the molecule is CC1(CNc2cccc(-n3cnc4ccccc43)n2)CCS(=O)(=O)CC1. The van der Waals surface area contributed by atoms with Crippen LogP contribution in [-0.2, 0) is 9.84 Å². The zero-order valence-electron chi connectivity index (χ0n) is 14.7. The maximum atomic E-state index is 11.7. The van der Waals surface area contributed by atoms with Crippen molar-refractivity contribution >= 4 is 26.7 Å². The van der Waals surface area contributed by atoms with E-state index < -0.39 is 9.84 Å². The minimum absolute atomic E-state index is 0.0231. The van der Waals surface area contributed by atoms with E-state index in [1.807, 2.05) is 47.0 Å². The van der Waals surface area contributed by atoms with Crippen LogP contribution in [0.3, 0.4) is 0 Å². The van der Waals surface area contributed by atoms with Crippen molar-refractivity contribution in [3.8, 4) is 5.82 Å². The summed E-state index contributed by atoms with van der Waals surface area (Å²) in [6.45, 7) is 2.85. The lowest BCUT2D eigenvalue weighted by Crippen LogP contribution is -2.36. The summed E-state index contributed by atoms with van der Waals surface area (Å²) in [6.07, 6.45) is 3.16. The first-order chi connectivity index (χ1) is 12.4. The van der Waals surface area contributed by atoms with E-state index in [0.29, 0.717) is 19.4 Å². The van der Waals surface area contributed by atoms with Crippen molar-refractivity contribution in [2.75, 3.05) is 23.4 Å². The number of imidazole rings is 1. The molecule has 1 saturated heterocycles. The fraction of sp³-hybridized carbons (Fsp3) is 0.368. The molecule has 0 radical (unpaired) electrons. The smallest absolute Gasteiger partial charge is 0.150 e. The molecule has 0 saturated carbocycles. The Kier molecular flexibility index (Phi) is 4.19. The zero-order valence-corrected chi connectivity index (χ0v) is 15.5. The predicted molar refractivity (Wildman–Crippen MR) is 103 cm³/mol. The molecule has 0 bridgehead atoms. The van der Waals surface area contributed by atoms with Crippen LogP contribution in [0.2, 0.25) is 0 Å². The summed E-state index contributed by atoms with van der Waals surface area (Å²) in [6, 6.07) is 13.8. The zero-order chi connectivity index (χ0) is 18.2. The number of fused-ring (bicyclic) bond motifs is 1. The first kappa shape index (κ1) is 17.0. The van der Waals surface area contributed by atoms with Gasteiger partial charge in [-0.2, -0.15) is 0 Å². The van der Waals surface area contributed by atoms with Crippen molar-refractivity contribution < 1.29 is 8.42 Å². The van der Waals surface area contributed by atoms with Gasteiger partial charge in [0.05, 0.1) is 22.5 Å². The van der Waals surface area contributed by atoms with Crippen LogP contribution in [0.15, 0.2) is 48.8 Å². The second-order valence-corrected chi connectivity index (χ2v) is 9.60. The lowest BCUT2D eigenvalue weighted by atomic mass is 9.84. The van der Waals surface area contributed by atoms with Crippen molar-refractivity contribution in [1.82, 2.24) is 14.5 Å². The highest BCUT2D eigenvalue weighted by Crippen LogP contribution is 2.32. The van der Waals surface area contributed by atoms with Gasteiger partial charge >= 0.3 is 0 Å². The minimum atomic E-state index is -2.85. The molecule has 1 aliphatic heterocycles. The number of pyridine rings is 1. The minimum Gasteiger partial charge on any atom is -0.369 e. The van der Waals surface area contributed by atoms with Crippen molar-refractivity contribution in [3.63, 3.8) is 0 Å². The van der Waals surface area contributed by atoms with Gasteiger partial charge in [0.1, 0.15) is 27.8 Å². The van der Waals surface area contributed by atoms with Crippen LogP contribution in [0.4, 0.5) is 5.82 Å². The molecule has 26 heavy (non-hydrogen) atoms. The molecule has 0 aliphatic carbocycles. The van der Waals surface area contributed by atoms with E-state index in [4.69, 9.17) is 4.98 Å². The quantitative estimate of drug-likeness (QED) is 0.764. The van der Waals surface area contributed by atoms with Gasteiger partial charge in [-0.05, 0) is 42.5 Å². The van der Waals surface area contributed by atoms with E-state index in [2.05, 4.69) is 17.2 Å². The van der Waals surface area contributed by atoms with E-state index in [1.54, 1.807) is 6.33 Å². The van der Waals surface area contributed by atoms with Gasteiger partial charge < -0.3 is 5.32 Å². The Labute approximate surface area is 153 Å². The van der Waals surface area contributed by atoms with Crippen molar-refractivity contribution in [3.05, 3.63) is 48.8 Å². The highest BCUT2D eigenvalue weighted by Gasteiger charge is 2.33. The maximum Gasteiger partial charge on any atom is 0.150 e. The number of nitrogens with one attached hydrogen (secondary N) is 1. The van der Waals surface area contributed by atoms with Crippen molar-refractivity contribution in [1.29, 1.82) is 0 Å². The third kappa shape index (κ3) is 3.44. The summed E-state index contributed by atoms with van der Waals surface area (Å²) in [7, 11) is -2.85. The van der Waals surface area contributed by atoms with E-state index in [-0.39, 0.29) is 16.9 Å². The fourth-order valence-electron chi connectivity index (χ4n) is 3.31. The van der Waals surface area contributed by atoms with Gasteiger partial charge in [0.25, 0.3) is 0 Å². The first-order valence-corrected chi connectivity index (χ1v) is 10.6. The molecular weight excluding hydrogens is 348 g/mol. The van der Waals surface area contributed by atoms with Crippen LogP contribution in [-0.4, -0.2) is 41.0 Å². The highest BCUT2D eigenvalue weighted by atomic mass is 32.2. The third-order valence-electron chi connectivity index (χ3n) is 5.16. The first-order valence-electron chi connectivity index (χ1n) is 8.78. The number of benzene rings is 1. The van der Waals surface area contributed by atoms with Gasteiger partial charge in [0, 0.05) is 6.54 Å². The van der Waals surface area contributed by atoms with Crippen LogP contribution >= 0.6 is 0 Å². The molecule has 1 aliphatic rings. The lowest BCUT2D eigenvalue weighted by Gasteiger charge is -2.33. The van der Waals surface area contributed by atoms with Gasteiger partial charge in [0.2, 0.25) is 0 Å². The summed E-state index contributed by atoms with van der Waals surface area (Å²) in [5, 5.41) is 3.39. The number of anilines is 1. The molecule has 136 valence electrons. The average molecular weight is 370 g/mol. The number of hydrogen-bond donors (Lipinski definition) is 1. The Hall–Kier alpha value is -2.41. The largest absolute Gasteiger partial charge is 0.369 e. The Bertz CT molecular complexity index is 1030. The van der Waals surface area contributed by atoms with Gasteiger partial charge in [0.15, 0.2) is 0 Å². The highest BCUT2D eigenvalue weighted by molar-refractivity contribution is 7.91. The van der Waals surface area contributed by atoms with E-state index in [0.717, 1.165) is 22.7 Å². The van der Waals surface area contributed by atoms with E-state index in [9.17, 15) is 8.42 Å². The number of nitrogens with zero attached hydrogens (tertiary/aromatic N) is 3. The predicted octanol–water partition coefficient (Wildman–Crippen LogP) is 3.05. The molecule has 0 unspecified atom stereocenters. The second kappa shape index (κ2) is 6.39. The number of sulfone groups is 1. The Morgan fingerprint density at radius 1 is 1.12 bits per heavy atom. The normalized spacial score (nSPS) is 18.7. The number of para-hydroxylation sites is 2. The molecule has 1 N–H and O–H groups in total. The van der Waals surface area contributed by atoms with Gasteiger partial charge in [-0.25, -0.2) is 18.4 Å². The topological polar surface area (TPSA) is 76.9 Å². The lowest BCUT2D eigenvalue weighted by molar-refractivity contribution is 0.310. The van der Waals surface area contributed by atoms with E-state index in [1.165, 1.54) is 0 Å². The molecule has 1 aromatic carbocycles. The van der Waals surface area contributed by atoms with Crippen LogP contribution in [0.1, 0.15) is 19.8 Å². The summed E-state index contributed by atoms with van der Waals surface area (Å²) in [5.74, 6) is 2.15. The average Bonchev–Trinajstić information content (AvgIpc) is 3.08. The van der Waals surface area contributed by atoms with Crippen LogP contribution in [0, 0.1) is 5.41 Å². The third-order valence-corrected chi connectivity index (χ3v) is 6.82. The summed E-state index contributed by atoms with van der Waals surface area (Å²) in [4.78, 5) is 9.12. The van der Waals surface area contributed by atoms with Gasteiger partial charge in [-0.3, -0.25) is 4.57 Å². The molecule has 7 heteroatoms. The van der Waals surface area contributed by atoms with Crippen LogP contribution in [0.25, 0.3) is 16.9 Å². The number of hydrogen-bond acceptors (Lipinski definition) is 5. The number of aromatic nitrogens is 3. The monoisotopic (exact) mass is 370 g/mol. The van der Waals surface area contributed by atoms with Crippen molar-refractivity contribution in [2.45, 2.75) is 19.8 Å². The molecular formula is C19H22N4O2S. The standard InChI is InChI=1S/C19H22N4O2S/c1-19(9-11-26(24,25)12-10-19)13-20-17-7-4-8-18(22-17)23-14-21-15-5-2-3-6-16(15)23/h2-8,14H,9-13H2,1H3,(H,20,22). The maximum absolute atomic E-state index is 11.7. The van der Waals surface area contributed by atoms with Crippen molar-refractivity contribution in [2.24, 2.45) is 5.41 Å². The molecule has 1 fully saturated rings. The molecule has 3 aromatic rings. The Morgan fingerprint density at radius 3 is 2.69 bits per heavy atom. The molecule has 6 nitrogen and oxygen atoms in total. The molecule has 2 aromatic heterocycles. The molecule has 0 spiro atoms. The second-order valence-electron chi connectivity index (χ2n) is 7.30. The number of rotatable bonds is 4. The molecule has 0 amide bonds. The fourth-order valence-corrected chi connectivity index (χ4v) is 5.12. The van der Waals surface area contributed by atoms with Crippen LogP contribution in [0.5, 0.6) is 0 Å². The Morgan fingerprint density at radius 2 is 1.88 bits per heavy atom. The summed E-state index contributed by atoms with van der Waals surface area (Å²) in [5.41, 5.74) is 1.93. The molecule has 4 rings (SSSR count). The Balaban J connectivity index is 1.52. The van der Waals surface area contributed by atoms with Gasteiger partial charge in [-0.15, -0.1) is 0 Å². The van der Waals surface area contributed by atoms with Gasteiger partial charge in [-0.1, -0.05) is 25.1 Å². The summed E-state index contributed by atoms with van der Waals surface area (Å²) >= 11 is 0. The van der Waals surface area contributed by atoms with E-state index >= 15 is 0 Å².